The Labute approximate surface area is 104 Å². The van der Waals surface area contributed by atoms with Crippen molar-refractivity contribution in [2.75, 3.05) is 0 Å². The number of para-hydroxylation sites is 1. The van der Waals surface area contributed by atoms with E-state index in [0.29, 0.717) is 6.54 Å². The number of fused-ring (bicyclic) bond motifs is 1. The van der Waals surface area contributed by atoms with Crippen molar-refractivity contribution < 1.29 is 0 Å². The first kappa shape index (κ1) is 10.7. The number of hydrogen-bond donors (Lipinski definition) is 0. The Morgan fingerprint density at radius 3 is 2.83 bits per heavy atom. The van der Waals surface area contributed by atoms with Gasteiger partial charge in [0.15, 0.2) is 0 Å². The van der Waals surface area contributed by atoms with Crippen LogP contribution in [0.15, 0.2) is 59.7 Å². The Bertz CT molecular complexity index is 749. The Morgan fingerprint density at radius 2 is 1.94 bits per heavy atom. The van der Waals surface area contributed by atoms with E-state index < -0.39 is 0 Å². The molecule has 0 saturated carbocycles. The zero-order chi connectivity index (χ0) is 12.4. The highest BCUT2D eigenvalue weighted by atomic mass is 16.1. The molecule has 3 aromatic rings. The molecule has 0 radical (unpaired) electrons. The summed E-state index contributed by atoms with van der Waals surface area (Å²) in [4.78, 5) is 19.8. The van der Waals surface area contributed by atoms with Crippen LogP contribution in [0.25, 0.3) is 10.9 Å². The van der Waals surface area contributed by atoms with Crippen LogP contribution in [0.2, 0.25) is 0 Å². The van der Waals surface area contributed by atoms with Crippen LogP contribution in [0.4, 0.5) is 0 Å². The van der Waals surface area contributed by atoms with Gasteiger partial charge in [-0.1, -0.05) is 24.3 Å². The average Bonchev–Trinajstić information content (AvgIpc) is 2.41. The van der Waals surface area contributed by atoms with Gasteiger partial charge in [-0.3, -0.25) is 9.55 Å². The van der Waals surface area contributed by atoms with Gasteiger partial charge in [0.05, 0.1) is 17.8 Å². The van der Waals surface area contributed by atoms with Gasteiger partial charge in [0.2, 0.25) is 0 Å². The fourth-order valence-corrected chi connectivity index (χ4v) is 1.88. The SMILES string of the molecule is O=c1ncccn1Cc1ccc2ccccc2n1. The fraction of sp³-hybridized carbons (Fsp3) is 0.0714. The lowest BCUT2D eigenvalue weighted by molar-refractivity contribution is 0.713. The zero-order valence-corrected chi connectivity index (χ0v) is 9.65. The van der Waals surface area contributed by atoms with Gasteiger partial charge in [0.1, 0.15) is 0 Å². The van der Waals surface area contributed by atoms with Crippen LogP contribution in [-0.2, 0) is 6.54 Å². The number of rotatable bonds is 2. The molecule has 0 N–H and O–H groups in total. The van der Waals surface area contributed by atoms with E-state index in [4.69, 9.17) is 0 Å². The Morgan fingerprint density at radius 1 is 1.06 bits per heavy atom. The summed E-state index contributed by atoms with van der Waals surface area (Å²) in [5, 5.41) is 1.10. The minimum atomic E-state index is -0.257. The van der Waals surface area contributed by atoms with Crippen molar-refractivity contribution in [2.45, 2.75) is 6.54 Å². The molecular weight excluding hydrogens is 226 g/mol. The van der Waals surface area contributed by atoms with E-state index in [0.717, 1.165) is 16.6 Å². The van der Waals surface area contributed by atoms with Crippen LogP contribution in [-0.4, -0.2) is 14.5 Å². The van der Waals surface area contributed by atoms with E-state index in [1.165, 1.54) is 10.8 Å². The van der Waals surface area contributed by atoms with Crippen LogP contribution in [0, 0.1) is 0 Å². The van der Waals surface area contributed by atoms with E-state index in [-0.39, 0.29) is 5.69 Å². The molecule has 0 saturated heterocycles. The molecule has 0 aliphatic rings. The predicted molar refractivity (Wildman–Crippen MR) is 69.3 cm³/mol. The normalized spacial score (nSPS) is 10.7. The van der Waals surface area contributed by atoms with Gasteiger partial charge in [0, 0.05) is 17.8 Å². The molecule has 0 aliphatic carbocycles. The molecule has 2 aromatic heterocycles. The minimum absolute atomic E-state index is 0.257. The van der Waals surface area contributed by atoms with Gasteiger partial charge in [-0.2, -0.15) is 0 Å². The van der Waals surface area contributed by atoms with Gasteiger partial charge in [-0.05, 0) is 18.2 Å². The molecule has 88 valence electrons. The number of hydrogen-bond acceptors (Lipinski definition) is 3. The Balaban J connectivity index is 2.01. The summed E-state index contributed by atoms with van der Waals surface area (Å²) < 4.78 is 1.54. The molecule has 0 unspecified atom stereocenters. The maximum atomic E-state index is 11.5. The van der Waals surface area contributed by atoms with E-state index in [9.17, 15) is 4.79 Å². The van der Waals surface area contributed by atoms with Crippen LogP contribution in [0.5, 0.6) is 0 Å². The summed E-state index contributed by atoms with van der Waals surface area (Å²) in [6, 6.07) is 13.6. The summed E-state index contributed by atoms with van der Waals surface area (Å²) >= 11 is 0. The highest BCUT2D eigenvalue weighted by Crippen LogP contribution is 2.11. The number of aromatic nitrogens is 3. The van der Waals surface area contributed by atoms with Crippen molar-refractivity contribution >= 4 is 10.9 Å². The van der Waals surface area contributed by atoms with Crippen molar-refractivity contribution in [3.8, 4) is 0 Å². The second-order valence-electron chi connectivity index (χ2n) is 4.03. The van der Waals surface area contributed by atoms with Gasteiger partial charge in [-0.25, -0.2) is 9.78 Å². The second kappa shape index (κ2) is 4.41. The summed E-state index contributed by atoms with van der Waals surface area (Å²) in [6.07, 6.45) is 3.21. The smallest absolute Gasteiger partial charge is 0.293 e. The lowest BCUT2D eigenvalue weighted by Gasteiger charge is -2.05. The molecule has 2 heterocycles. The minimum Gasteiger partial charge on any atom is -0.293 e. The first-order valence-corrected chi connectivity index (χ1v) is 5.69. The maximum Gasteiger partial charge on any atom is 0.347 e. The molecule has 18 heavy (non-hydrogen) atoms. The molecule has 0 atom stereocenters. The van der Waals surface area contributed by atoms with Gasteiger partial charge in [0.25, 0.3) is 0 Å². The molecular formula is C14H11N3O. The van der Waals surface area contributed by atoms with Gasteiger partial charge < -0.3 is 0 Å². The number of nitrogens with zero attached hydrogens (tertiary/aromatic N) is 3. The standard InChI is InChI=1S/C14H11N3O/c18-14-15-8-3-9-17(14)10-12-7-6-11-4-1-2-5-13(11)16-12/h1-9H,10H2. The Kier molecular flexibility index (Phi) is 2.61. The third kappa shape index (κ3) is 2.00. The first-order valence-electron chi connectivity index (χ1n) is 5.69. The van der Waals surface area contributed by atoms with Crippen molar-refractivity contribution in [3.63, 3.8) is 0 Å². The van der Waals surface area contributed by atoms with E-state index in [2.05, 4.69) is 9.97 Å². The molecule has 0 spiro atoms. The average molecular weight is 237 g/mol. The fourth-order valence-electron chi connectivity index (χ4n) is 1.88. The molecule has 4 nitrogen and oxygen atoms in total. The number of pyridine rings is 1. The first-order chi connectivity index (χ1) is 8.83. The van der Waals surface area contributed by atoms with Crippen molar-refractivity contribution in [1.29, 1.82) is 0 Å². The van der Waals surface area contributed by atoms with E-state index in [1.807, 2.05) is 36.4 Å². The lowest BCUT2D eigenvalue weighted by Crippen LogP contribution is -2.22. The molecule has 0 fully saturated rings. The second-order valence-corrected chi connectivity index (χ2v) is 4.03. The lowest BCUT2D eigenvalue weighted by atomic mass is 10.2. The number of benzene rings is 1. The highest BCUT2D eigenvalue weighted by Gasteiger charge is 2.00. The summed E-state index contributed by atoms with van der Waals surface area (Å²) in [5.74, 6) is 0. The van der Waals surface area contributed by atoms with Gasteiger partial charge >= 0.3 is 5.69 Å². The van der Waals surface area contributed by atoms with Crippen molar-refractivity contribution in [3.05, 3.63) is 71.0 Å². The van der Waals surface area contributed by atoms with Crippen LogP contribution < -0.4 is 5.69 Å². The molecule has 4 heteroatoms. The van der Waals surface area contributed by atoms with Crippen molar-refractivity contribution in [2.24, 2.45) is 0 Å². The quantitative estimate of drug-likeness (QED) is 0.683. The summed E-state index contributed by atoms with van der Waals surface area (Å²) in [5.41, 5.74) is 1.53. The maximum absolute atomic E-state index is 11.5. The third-order valence-corrected chi connectivity index (χ3v) is 2.77. The molecule has 1 aromatic carbocycles. The predicted octanol–water partition coefficient (Wildman–Crippen LogP) is 1.84. The monoisotopic (exact) mass is 237 g/mol. The van der Waals surface area contributed by atoms with E-state index >= 15 is 0 Å². The zero-order valence-electron chi connectivity index (χ0n) is 9.65. The van der Waals surface area contributed by atoms with Crippen LogP contribution in [0.3, 0.4) is 0 Å². The molecule has 0 aliphatic heterocycles. The molecule has 0 amide bonds. The van der Waals surface area contributed by atoms with Gasteiger partial charge in [-0.15, -0.1) is 0 Å². The van der Waals surface area contributed by atoms with Crippen LogP contribution in [0.1, 0.15) is 5.69 Å². The third-order valence-electron chi connectivity index (χ3n) is 2.77. The van der Waals surface area contributed by atoms with Crippen molar-refractivity contribution in [1.82, 2.24) is 14.5 Å². The Hall–Kier alpha value is -2.49. The summed E-state index contributed by atoms with van der Waals surface area (Å²) in [6.45, 7) is 0.442. The largest absolute Gasteiger partial charge is 0.347 e. The van der Waals surface area contributed by atoms with E-state index in [1.54, 1.807) is 12.3 Å². The van der Waals surface area contributed by atoms with Crippen LogP contribution >= 0.6 is 0 Å². The topological polar surface area (TPSA) is 47.8 Å². The molecule has 0 bridgehead atoms. The molecule has 3 rings (SSSR count). The highest BCUT2D eigenvalue weighted by molar-refractivity contribution is 5.78. The summed E-state index contributed by atoms with van der Waals surface area (Å²) in [7, 11) is 0.